The third kappa shape index (κ3) is 2.56. The number of ether oxygens (including phenoxy) is 1. The van der Waals surface area contributed by atoms with E-state index in [1.165, 1.54) is 25.1 Å². The van der Waals surface area contributed by atoms with Crippen LogP contribution in [0.2, 0.25) is 0 Å². The summed E-state index contributed by atoms with van der Waals surface area (Å²) < 4.78 is 31.5. The van der Waals surface area contributed by atoms with Gasteiger partial charge in [0.1, 0.15) is 0 Å². The van der Waals surface area contributed by atoms with Crippen LogP contribution in [0.4, 0.5) is 8.78 Å². The Labute approximate surface area is 93.2 Å². The lowest BCUT2D eigenvalue weighted by Gasteiger charge is -2.15. The number of carbonyl (C=O) groups excluding carboxylic acids is 1. The van der Waals surface area contributed by atoms with Crippen molar-refractivity contribution in [1.29, 1.82) is 0 Å². The molecule has 0 N–H and O–H groups in total. The van der Waals surface area contributed by atoms with Crippen LogP contribution in [0.15, 0.2) is 24.3 Å². The Kier molecular flexibility index (Phi) is 3.99. The third-order valence-electron chi connectivity index (χ3n) is 2.23. The van der Waals surface area contributed by atoms with E-state index in [2.05, 4.69) is 4.74 Å². The number of esters is 1. The molecule has 0 saturated heterocycles. The lowest BCUT2D eigenvalue weighted by molar-refractivity contribution is -0.173. The Morgan fingerprint density at radius 2 is 2.06 bits per heavy atom. The molecule has 0 spiro atoms. The summed E-state index contributed by atoms with van der Waals surface area (Å²) in [6.07, 6.45) is 0.646. The SMILES string of the molecule is CCOC(=O)C(F)(F)c1cccc(CC)c1. The maximum atomic E-state index is 13.6. The van der Waals surface area contributed by atoms with Crippen LogP contribution in [-0.4, -0.2) is 12.6 Å². The Hall–Kier alpha value is -1.45. The zero-order valence-corrected chi connectivity index (χ0v) is 9.30. The molecule has 0 aliphatic heterocycles. The molecule has 0 unspecified atom stereocenters. The topological polar surface area (TPSA) is 26.3 Å². The predicted octanol–water partition coefficient (Wildman–Crippen LogP) is 2.90. The second-order valence-electron chi connectivity index (χ2n) is 3.35. The average Bonchev–Trinajstić information content (AvgIpc) is 2.29. The first-order chi connectivity index (χ1) is 7.52. The molecule has 0 fully saturated rings. The first kappa shape index (κ1) is 12.6. The van der Waals surface area contributed by atoms with E-state index in [4.69, 9.17) is 0 Å². The van der Waals surface area contributed by atoms with E-state index in [0.29, 0.717) is 6.42 Å². The fraction of sp³-hybridized carbons (Fsp3) is 0.417. The minimum Gasteiger partial charge on any atom is -0.461 e. The molecule has 16 heavy (non-hydrogen) atoms. The molecule has 0 heterocycles. The summed E-state index contributed by atoms with van der Waals surface area (Å²) in [4.78, 5) is 11.1. The van der Waals surface area contributed by atoms with Gasteiger partial charge in [-0.1, -0.05) is 25.1 Å². The van der Waals surface area contributed by atoms with Crippen LogP contribution in [0.5, 0.6) is 0 Å². The Morgan fingerprint density at radius 1 is 1.38 bits per heavy atom. The van der Waals surface area contributed by atoms with E-state index in [1.54, 1.807) is 6.07 Å². The molecule has 0 amide bonds. The summed E-state index contributed by atoms with van der Waals surface area (Å²) >= 11 is 0. The van der Waals surface area contributed by atoms with Crippen LogP contribution < -0.4 is 0 Å². The summed E-state index contributed by atoms with van der Waals surface area (Å²) in [6, 6.07) is 5.82. The number of hydrogen-bond donors (Lipinski definition) is 0. The van der Waals surface area contributed by atoms with Crippen molar-refractivity contribution < 1.29 is 18.3 Å². The van der Waals surface area contributed by atoms with E-state index in [9.17, 15) is 13.6 Å². The molecule has 0 aromatic heterocycles. The van der Waals surface area contributed by atoms with Gasteiger partial charge in [-0.05, 0) is 25.0 Å². The lowest BCUT2D eigenvalue weighted by atomic mass is 10.0. The molecule has 4 heteroatoms. The van der Waals surface area contributed by atoms with Crippen molar-refractivity contribution in [2.24, 2.45) is 0 Å². The van der Waals surface area contributed by atoms with Gasteiger partial charge in [-0.2, -0.15) is 8.78 Å². The number of alkyl halides is 2. The van der Waals surface area contributed by atoms with Gasteiger partial charge in [0.2, 0.25) is 0 Å². The van der Waals surface area contributed by atoms with Crippen LogP contribution in [0.3, 0.4) is 0 Å². The van der Waals surface area contributed by atoms with E-state index < -0.39 is 11.9 Å². The lowest BCUT2D eigenvalue weighted by Crippen LogP contribution is -2.28. The van der Waals surface area contributed by atoms with Gasteiger partial charge < -0.3 is 4.74 Å². The standard InChI is InChI=1S/C12H14F2O2/c1-3-9-6-5-7-10(8-9)12(13,14)11(15)16-4-2/h5-8H,3-4H2,1-2H3. The predicted molar refractivity (Wildman–Crippen MR) is 56.3 cm³/mol. The van der Waals surface area contributed by atoms with Crippen molar-refractivity contribution in [2.75, 3.05) is 6.61 Å². The molecular weight excluding hydrogens is 214 g/mol. The highest BCUT2D eigenvalue weighted by Gasteiger charge is 2.42. The second-order valence-corrected chi connectivity index (χ2v) is 3.35. The molecule has 0 aliphatic carbocycles. The van der Waals surface area contributed by atoms with Crippen LogP contribution in [-0.2, 0) is 21.9 Å². The molecular formula is C12H14F2O2. The van der Waals surface area contributed by atoms with Crippen molar-refractivity contribution >= 4 is 5.97 Å². The summed E-state index contributed by atoms with van der Waals surface area (Å²) in [5.74, 6) is -5.07. The highest BCUT2D eigenvalue weighted by atomic mass is 19.3. The Morgan fingerprint density at radius 3 is 2.62 bits per heavy atom. The quantitative estimate of drug-likeness (QED) is 0.741. The molecule has 0 atom stereocenters. The maximum absolute atomic E-state index is 13.6. The number of aryl methyl sites for hydroxylation is 1. The van der Waals surface area contributed by atoms with Gasteiger partial charge in [-0.15, -0.1) is 0 Å². The minimum atomic E-state index is -3.57. The summed E-state index contributed by atoms with van der Waals surface area (Å²) in [5, 5.41) is 0. The maximum Gasteiger partial charge on any atom is 0.381 e. The molecule has 2 nitrogen and oxygen atoms in total. The zero-order valence-electron chi connectivity index (χ0n) is 9.30. The van der Waals surface area contributed by atoms with E-state index in [-0.39, 0.29) is 12.2 Å². The van der Waals surface area contributed by atoms with Gasteiger partial charge >= 0.3 is 11.9 Å². The van der Waals surface area contributed by atoms with Crippen molar-refractivity contribution in [3.8, 4) is 0 Å². The molecule has 0 radical (unpaired) electrons. The normalized spacial score (nSPS) is 11.2. The number of halogens is 2. The fourth-order valence-electron chi connectivity index (χ4n) is 1.33. The largest absolute Gasteiger partial charge is 0.461 e. The first-order valence-electron chi connectivity index (χ1n) is 5.16. The third-order valence-corrected chi connectivity index (χ3v) is 2.23. The summed E-state index contributed by atoms with van der Waals surface area (Å²) in [7, 11) is 0. The molecule has 1 rings (SSSR count). The van der Waals surface area contributed by atoms with Crippen molar-refractivity contribution in [2.45, 2.75) is 26.2 Å². The fourth-order valence-corrected chi connectivity index (χ4v) is 1.33. The van der Waals surface area contributed by atoms with Crippen LogP contribution >= 0.6 is 0 Å². The highest BCUT2D eigenvalue weighted by Crippen LogP contribution is 2.30. The molecule has 1 aromatic carbocycles. The Bertz CT molecular complexity index is 375. The van der Waals surface area contributed by atoms with Crippen LogP contribution in [0.25, 0.3) is 0 Å². The zero-order chi connectivity index (χ0) is 12.2. The molecule has 0 aliphatic rings. The summed E-state index contributed by atoms with van der Waals surface area (Å²) in [5.41, 5.74) is 0.451. The van der Waals surface area contributed by atoms with Gasteiger partial charge in [0, 0.05) is 5.56 Å². The number of hydrogen-bond acceptors (Lipinski definition) is 2. The van der Waals surface area contributed by atoms with Crippen LogP contribution in [0.1, 0.15) is 25.0 Å². The van der Waals surface area contributed by atoms with Crippen molar-refractivity contribution in [3.05, 3.63) is 35.4 Å². The summed E-state index contributed by atoms with van der Waals surface area (Å²) in [6.45, 7) is 3.31. The van der Waals surface area contributed by atoms with Gasteiger partial charge in [0.05, 0.1) is 6.61 Å². The highest BCUT2D eigenvalue weighted by molar-refractivity contribution is 5.79. The van der Waals surface area contributed by atoms with Gasteiger partial charge in [-0.25, -0.2) is 4.79 Å². The van der Waals surface area contributed by atoms with E-state index in [1.807, 2.05) is 6.92 Å². The average molecular weight is 228 g/mol. The van der Waals surface area contributed by atoms with Gasteiger partial charge in [0.25, 0.3) is 0 Å². The Balaban J connectivity index is 3.01. The van der Waals surface area contributed by atoms with Gasteiger partial charge in [0.15, 0.2) is 0 Å². The number of rotatable bonds is 4. The van der Waals surface area contributed by atoms with E-state index >= 15 is 0 Å². The number of benzene rings is 1. The van der Waals surface area contributed by atoms with Gasteiger partial charge in [-0.3, -0.25) is 0 Å². The monoisotopic (exact) mass is 228 g/mol. The van der Waals surface area contributed by atoms with Crippen molar-refractivity contribution in [3.63, 3.8) is 0 Å². The van der Waals surface area contributed by atoms with Crippen LogP contribution in [0, 0.1) is 0 Å². The van der Waals surface area contributed by atoms with E-state index in [0.717, 1.165) is 5.56 Å². The molecule has 0 saturated carbocycles. The molecule has 0 bridgehead atoms. The molecule has 1 aromatic rings. The minimum absolute atomic E-state index is 0.0537. The number of carbonyl (C=O) groups is 1. The first-order valence-corrected chi connectivity index (χ1v) is 5.16. The smallest absolute Gasteiger partial charge is 0.381 e. The van der Waals surface area contributed by atoms with Crippen molar-refractivity contribution in [1.82, 2.24) is 0 Å². The second kappa shape index (κ2) is 5.05. The molecule has 88 valence electrons.